The molecule has 1 saturated heterocycles. The molecule has 4 atom stereocenters. The van der Waals surface area contributed by atoms with Crippen LogP contribution in [-0.4, -0.2) is 49.6 Å². The van der Waals surface area contributed by atoms with Crippen molar-refractivity contribution in [3.63, 3.8) is 0 Å². The molecule has 0 radical (unpaired) electrons. The van der Waals surface area contributed by atoms with E-state index in [1.807, 2.05) is 30.3 Å². The molecule has 1 aliphatic rings. The van der Waals surface area contributed by atoms with Crippen LogP contribution in [0.4, 0.5) is 0 Å². The van der Waals surface area contributed by atoms with E-state index in [1.54, 1.807) is 24.3 Å². The van der Waals surface area contributed by atoms with Crippen LogP contribution >= 0.6 is 0 Å². The van der Waals surface area contributed by atoms with Gasteiger partial charge in [-0.2, -0.15) is 8.42 Å². The Labute approximate surface area is 175 Å². The number of aliphatic hydroxyl groups excluding tert-OH is 1. The van der Waals surface area contributed by atoms with Gasteiger partial charge in [0.1, 0.15) is 11.9 Å². The number of amides is 1. The maximum Gasteiger partial charge on any atom is 0.270 e. The Morgan fingerprint density at radius 2 is 1.70 bits per heavy atom. The zero-order valence-corrected chi connectivity index (χ0v) is 17.5. The van der Waals surface area contributed by atoms with E-state index in [4.69, 9.17) is 19.4 Å². The molecule has 0 spiro atoms. The molecule has 1 heterocycles. The molecule has 2 aromatic rings. The predicted octanol–water partition coefficient (Wildman–Crippen LogP) is 1.52. The van der Waals surface area contributed by atoms with Gasteiger partial charge >= 0.3 is 0 Å². The molecule has 0 aromatic heterocycles. The Balaban J connectivity index is 1.74. The summed E-state index contributed by atoms with van der Waals surface area (Å²) in [5.74, 6) is -0.417. The van der Waals surface area contributed by atoms with Gasteiger partial charge in [0.25, 0.3) is 10.1 Å². The molecule has 0 bridgehead atoms. The summed E-state index contributed by atoms with van der Waals surface area (Å²) in [7, 11) is -3.92. The molecule has 30 heavy (non-hydrogen) atoms. The van der Waals surface area contributed by atoms with Gasteiger partial charge in [-0.3, -0.25) is 8.98 Å². The third-order valence-electron chi connectivity index (χ3n) is 4.81. The van der Waals surface area contributed by atoms with Crippen molar-refractivity contribution in [3.8, 4) is 5.75 Å². The number of primary amides is 1. The molecule has 4 unspecified atom stereocenters. The van der Waals surface area contributed by atoms with E-state index in [9.17, 15) is 18.3 Å². The van der Waals surface area contributed by atoms with Crippen LogP contribution in [0.15, 0.2) is 54.6 Å². The highest BCUT2D eigenvalue weighted by atomic mass is 32.2. The number of carbonyl (C=O) groups excluding carboxylic acids is 1. The normalized spacial score (nSPS) is 22.7. The highest BCUT2D eigenvalue weighted by molar-refractivity contribution is 7.87. The molecule has 0 aliphatic carbocycles. The maximum absolute atomic E-state index is 12.2. The molecule has 2 aromatic carbocycles. The minimum Gasteiger partial charge on any atom is -0.485 e. The monoisotopic (exact) mass is 435 g/mol. The lowest BCUT2D eigenvalue weighted by molar-refractivity contribution is -0.129. The molecule has 1 aliphatic heterocycles. The van der Waals surface area contributed by atoms with Gasteiger partial charge in [0.15, 0.2) is 18.3 Å². The van der Waals surface area contributed by atoms with Gasteiger partial charge < -0.3 is 20.3 Å². The maximum atomic E-state index is 12.2. The molecule has 0 saturated carbocycles. The number of aliphatic hydroxyl groups is 1. The first-order chi connectivity index (χ1) is 14.2. The fourth-order valence-corrected chi connectivity index (χ4v) is 3.79. The summed E-state index contributed by atoms with van der Waals surface area (Å²) in [6.45, 7) is 2.88. The van der Waals surface area contributed by atoms with Crippen molar-refractivity contribution in [2.45, 2.75) is 43.5 Å². The van der Waals surface area contributed by atoms with Crippen LogP contribution < -0.4 is 10.5 Å². The summed E-state index contributed by atoms with van der Waals surface area (Å²) in [4.78, 5) is 11.7. The summed E-state index contributed by atoms with van der Waals surface area (Å²) in [5.41, 5.74) is 6.75. The molecular weight excluding hydrogens is 410 g/mol. The zero-order chi connectivity index (χ0) is 21.9. The third kappa shape index (κ3) is 4.99. The Morgan fingerprint density at radius 1 is 1.10 bits per heavy atom. The quantitative estimate of drug-likeness (QED) is 0.602. The molecule has 1 fully saturated rings. The highest BCUT2D eigenvalue weighted by Gasteiger charge is 2.46. The number of benzene rings is 2. The number of nitrogens with two attached hydrogens (primary N) is 1. The summed E-state index contributed by atoms with van der Waals surface area (Å²) in [5, 5.41) is 9.69. The van der Waals surface area contributed by atoms with E-state index in [-0.39, 0.29) is 6.61 Å². The SMILES string of the molecule is CC(C)S(=O)(=O)OC1C(Oc2ccc(C(O)c3ccccc3)cc2)COC1C(N)=O. The van der Waals surface area contributed by atoms with E-state index in [2.05, 4.69) is 0 Å². The van der Waals surface area contributed by atoms with Crippen molar-refractivity contribution in [2.75, 3.05) is 6.61 Å². The number of rotatable bonds is 8. The fraction of sp³-hybridized carbons (Fsp3) is 0.381. The van der Waals surface area contributed by atoms with Crippen molar-refractivity contribution in [1.82, 2.24) is 0 Å². The van der Waals surface area contributed by atoms with Crippen molar-refractivity contribution in [1.29, 1.82) is 0 Å². The highest BCUT2D eigenvalue weighted by Crippen LogP contribution is 2.28. The van der Waals surface area contributed by atoms with Gasteiger partial charge in [-0.15, -0.1) is 0 Å². The standard InChI is InChI=1S/C21H25NO7S/c1-13(2)30(25,26)29-19-17(12-27-20(19)21(22)24)28-16-10-8-15(9-11-16)18(23)14-6-4-3-5-7-14/h3-11,13,17-20,23H,12H2,1-2H3,(H2,22,24). The average molecular weight is 435 g/mol. The van der Waals surface area contributed by atoms with E-state index in [1.165, 1.54) is 13.8 Å². The molecular formula is C21H25NO7S. The van der Waals surface area contributed by atoms with E-state index >= 15 is 0 Å². The summed E-state index contributed by atoms with van der Waals surface area (Å²) < 4.78 is 40.8. The van der Waals surface area contributed by atoms with Gasteiger partial charge in [0, 0.05) is 0 Å². The molecule has 162 valence electrons. The van der Waals surface area contributed by atoms with Crippen molar-refractivity contribution in [3.05, 3.63) is 65.7 Å². The smallest absolute Gasteiger partial charge is 0.270 e. The van der Waals surface area contributed by atoms with Crippen LogP contribution in [0.2, 0.25) is 0 Å². The lowest BCUT2D eigenvalue weighted by Crippen LogP contribution is -2.45. The molecule has 8 nitrogen and oxygen atoms in total. The summed E-state index contributed by atoms with van der Waals surface area (Å²) >= 11 is 0. The minimum atomic E-state index is -3.92. The van der Waals surface area contributed by atoms with Gasteiger partial charge in [0.05, 0.1) is 11.9 Å². The minimum absolute atomic E-state index is 0.0553. The molecule has 1 amide bonds. The lowest BCUT2D eigenvalue weighted by atomic mass is 10.0. The number of hydrogen-bond donors (Lipinski definition) is 2. The van der Waals surface area contributed by atoms with Gasteiger partial charge in [0.2, 0.25) is 5.91 Å². The van der Waals surface area contributed by atoms with E-state index in [0.717, 1.165) is 5.56 Å². The van der Waals surface area contributed by atoms with Crippen LogP contribution in [0.25, 0.3) is 0 Å². The Kier molecular flexibility index (Phi) is 6.77. The molecule has 3 N–H and O–H groups in total. The second-order valence-corrected chi connectivity index (χ2v) is 9.42. The van der Waals surface area contributed by atoms with Crippen molar-refractivity contribution in [2.24, 2.45) is 5.73 Å². The van der Waals surface area contributed by atoms with Gasteiger partial charge in [-0.05, 0) is 37.1 Å². The van der Waals surface area contributed by atoms with Gasteiger partial charge in [-0.25, -0.2) is 0 Å². The summed E-state index contributed by atoms with van der Waals surface area (Å²) in [6, 6.07) is 15.9. The van der Waals surface area contributed by atoms with Gasteiger partial charge in [-0.1, -0.05) is 42.5 Å². The number of hydrogen-bond acceptors (Lipinski definition) is 7. The third-order valence-corrected chi connectivity index (χ3v) is 6.45. The van der Waals surface area contributed by atoms with Crippen LogP contribution in [0.5, 0.6) is 5.75 Å². The van der Waals surface area contributed by atoms with Crippen LogP contribution in [0, 0.1) is 0 Å². The fourth-order valence-electron chi connectivity index (χ4n) is 3.04. The zero-order valence-electron chi connectivity index (χ0n) is 16.7. The second-order valence-electron chi connectivity index (χ2n) is 7.30. The van der Waals surface area contributed by atoms with Crippen LogP contribution in [0.1, 0.15) is 31.1 Å². The molecule has 3 rings (SSSR count). The topological polar surface area (TPSA) is 125 Å². The largest absolute Gasteiger partial charge is 0.485 e. The second kappa shape index (κ2) is 9.13. The van der Waals surface area contributed by atoms with Crippen molar-refractivity contribution < 1.29 is 32.0 Å². The first kappa shape index (κ1) is 22.2. The Hall–Kier alpha value is -2.46. The predicted molar refractivity (Wildman–Crippen MR) is 109 cm³/mol. The number of ether oxygens (including phenoxy) is 2. The Morgan fingerprint density at radius 3 is 2.27 bits per heavy atom. The van der Waals surface area contributed by atoms with E-state index < -0.39 is 45.7 Å². The Bertz CT molecular complexity index is 961. The van der Waals surface area contributed by atoms with Crippen LogP contribution in [0.3, 0.4) is 0 Å². The number of carbonyl (C=O) groups is 1. The first-order valence-corrected chi connectivity index (χ1v) is 11.0. The lowest BCUT2D eigenvalue weighted by Gasteiger charge is -2.23. The van der Waals surface area contributed by atoms with Crippen LogP contribution in [-0.2, 0) is 23.8 Å². The average Bonchev–Trinajstić information content (AvgIpc) is 3.10. The van der Waals surface area contributed by atoms with E-state index in [0.29, 0.717) is 11.3 Å². The molecule has 9 heteroatoms. The summed E-state index contributed by atoms with van der Waals surface area (Å²) in [6.07, 6.45) is -4.06. The van der Waals surface area contributed by atoms with Crippen molar-refractivity contribution >= 4 is 16.0 Å². The first-order valence-electron chi connectivity index (χ1n) is 9.51.